The fourth-order valence-corrected chi connectivity index (χ4v) is 1.60. The molecule has 17 heavy (non-hydrogen) atoms. The summed E-state index contributed by atoms with van der Waals surface area (Å²) in [6, 6.07) is 5.54. The van der Waals surface area contributed by atoms with Crippen molar-refractivity contribution in [2.45, 2.75) is 13.0 Å². The van der Waals surface area contributed by atoms with E-state index in [9.17, 15) is 0 Å². The molecule has 4 heteroatoms. The zero-order valence-corrected chi connectivity index (χ0v) is 10.5. The Kier molecular flexibility index (Phi) is 6.70. The molecule has 0 spiro atoms. The zero-order valence-electron chi connectivity index (χ0n) is 9.79. The van der Waals surface area contributed by atoms with Gasteiger partial charge in [-0.1, -0.05) is 24.3 Å². The van der Waals surface area contributed by atoms with Crippen LogP contribution in [0.25, 0.3) is 0 Å². The van der Waals surface area contributed by atoms with Crippen LogP contribution in [-0.2, 0) is 6.54 Å². The van der Waals surface area contributed by atoms with Crippen LogP contribution in [-0.4, -0.2) is 24.9 Å². The number of aliphatic hydroxyl groups is 1. The summed E-state index contributed by atoms with van der Waals surface area (Å²) in [5, 5.41) is 12.6. The van der Waals surface area contributed by atoms with Gasteiger partial charge in [-0.25, -0.2) is 0 Å². The lowest BCUT2D eigenvalue weighted by Gasteiger charge is -2.11. The maximum Gasteiger partial charge on any atom is 0.124 e. The first-order valence-corrected chi connectivity index (χ1v) is 5.99. The van der Waals surface area contributed by atoms with Crippen molar-refractivity contribution in [3.8, 4) is 5.75 Å². The average Bonchev–Trinajstić information content (AvgIpc) is 2.33. The molecule has 0 radical (unpaired) electrons. The molecule has 0 aliphatic rings. The van der Waals surface area contributed by atoms with Gasteiger partial charge in [0.1, 0.15) is 12.4 Å². The van der Waals surface area contributed by atoms with E-state index in [4.69, 9.17) is 21.4 Å². The number of ether oxygens (including phenoxy) is 1. The number of nitrogens with one attached hydrogen (secondary N) is 1. The van der Waals surface area contributed by atoms with Gasteiger partial charge in [-0.3, -0.25) is 0 Å². The van der Waals surface area contributed by atoms with Crippen molar-refractivity contribution in [2.75, 3.05) is 19.8 Å². The molecule has 2 N–H and O–H groups in total. The van der Waals surface area contributed by atoms with E-state index in [1.54, 1.807) is 12.1 Å². The van der Waals surface area contributed by atoms with E-state index in [-0.39, 0.29) is 6.61 Å². The second kappa shape index (κ2) is 8.12. The molecule has 1 rings (SSSR count). The van der Waals surface area contributed by atoms with E-state index < -0.39 is 0 Å². The van der Waals surface area contributed by atoms with Gasteiger partial charge in [0.25, 0.3) is 0 Å². The predicted molar refractivity (Wildman–Crippen MR) is 70.6 cm³/mol. The van der Waals surface area contributed by atoms with Crippen LogP contribution in [0.2, 0.25) is 5.02 Å². The third-order valence-electron chi connectivity index (χ3n) is 2.21. The molecule has 0 aliphatic carbocycles. The minimum atomic E-state index is 0.197. The Labute approximate surface area is 107 Å². The summed E-state index contributed by atoms with van der Waals surface area (Å²) in [7, 11) is 0. The highest BCUT2D eigenvalue weighted by atomic mass is 35.5. The van der Waals surface area contributed by atoms with E-state index in [1.165, 1.54) is 0 Å². The number of halogens is 1. The summed E-state index contributed by atoms with van der Waals surface area (Å²) < 4.78 is 5.53. The summed E-state index contributed by atoms with van der Waals surface area (Å²) in [4.78, 5) is 0. The lowest BCUT2D eigenvalue weighted by Crippen LogP contribution is -2.16. The molecular formula is C13H18ClNO2. The number of aliphatic hydroxyl groups excluding tert-OH is 1. The van der Waals surface area contributed by atoms with Crippen molar-refractivity contribution in [3.05, 3.63) is 41.4 Å². The van der Waals surface area contributed by atoms with Gasteiger partial charge in [0.15, 0.2) is 0 Å². The number of hydrogen-bond acceptors (Lipinski definition) is 3. The van der Waals surface area contributed by atoms with Gasteiger partial charge in [-0.2, -0.15) is 0 Å². The first-order valence-electron chi connectivity index (χ1n) is 5.61. The summed E-state index contributed by atoms with van der Waals surface area (Å²) in [6.07, 6.45) is 2.45. The lowest BCUT2D eigenvalue weighted by molar-refractivity contribution is 0.285. The quantitative estimate of drug-likeness (QED) is 0.554. The molecule has 0 unspecified atom stereocenters. The summed E-state index contributed by atoms with van der Waals surface area (Å²) in [5.74, 6) is 0.811. The molecule has 0 amide bonds. The van der Waals surface area contributed by atoms with Crippen molar-refractivity contribution >= 4 is 11.6 Å². The molecule has 0 saturated carbocycles. The Morgan fingerprint density at radius 1 is 1.47 bits per heavy atom. The third-order valence-corrected chi connectivity index (χ3v) is 2.44. The van der Waals surface area contributed by atoms with Crippen LogP contribution in [0.3, 0.4) is 0 Å². The molecule has 0 heterocycles. The number of benzene rings is 1. The standard InChI is InChI=1S/C13H18ClNO2/c1-2-8-17-13-5-4-12(14)9-11(13)10-15-6-3-7-16/h2,4-5,9,15-16H,1,3,6-8,10H2. The Balaban J connectivity index is 2.59. The minimum absolute atomic E-state index is 0.197. The highest BCUT2D eigenvalue weighted by Crippen LogP contribution is 2.22. The smallest absolute Gasteiger partial charge is 0.124 e. The van der Waals surface area contributed by atoms with E-state index >= 15 is 0 Å². The summed E-state index contributed by atoms with van der Waals surface area (Å²) >= 11 is 5.95. The highest BCUT2D eigenvalue weighted by molar-refractivity contribution is 6.30. The van der Waals surface area contributed by atoms with Crippen molar-refractivity contribution < 1.29 is 9.84 Å². The summed E-state index contributed by atoms with van der Waals surface area (Å²) in [5.41, 5.74) is 1.01. The molecule has 94 valence electrons. The highest BCUT2D eigenvalue weighted by Gasteiger charge is 2.04. The van der Waals surface area contributed by atoms with Crippen LogP contribution in [0.5, 0.6) is 5.75 Å². The fourth-order valence-electron chi connectivity index (χ4n) is 1.40. The SMILES string of the molecule is C=CCOc1ccc(Cl)cc1CNCCCO. The number of hydrogen-bond donors (Lipinski definition) is 2. The van der Waals surface area contributed by atoms with Gasteiger partial charge < -0.3 is 15.2 Å². The first kappa shape index (κ1) is 14.0. The Bertz CT molecular complexity index is 355. The average molecular weight is 256 g/mol. The second-order valence-corrected chi connectivity index (χ2v) is 4.04. The predicted octanol–water partition coefficient (Wildman–Crippen LogP) is 2.38. The van der Waals surface area contributed by atoms with Crippen LogP contribution < -0.4 is 10.1 Å². The molecule has 1 aromatic rings. The summed E-state index contributed by atoms with van der Waals surface area (Å²) in [6.45, 7) is 5.73. The second-order valence-electron chi connectivity index (χ2n) is 3.61. The lowest BCUT2D eigenvalue weighted by atomic mass is 10.2. The van der Waals surface area contributed by atoms with Crippen LogP contribution >= 0.6 is 11.6 Å². The normalized spacial score (nSPS) is 10.2. The van der Waals surface area contributed by atoms with Gasteiger partial charge in [-0.05, 0) is 31.2 Å². The van der Waals surface area contributed by atoms with E-state index in [2.05, 4.69) is 11.9 Å². The molecule has 0 atom stereocenters. The van der Waals surface area contributed by atoms with Gasteiger partial charge >= 0.3 is 0 Å². The monoisotopic (exact) mass is 255 g/mol. The first-order chi connectivity index (χ1) is 8.27. The molecule has 1 aromatic carbocycles. The minimum Gasteiger partial charge on any atom is -0.489 e. The van der Waals surface area contributed by atoms with E-state index in [0.717, 1.165) is 24.3 Å². The Hall–Kier alpha value is -1.03. The topological polar surface area (TPSA) is 41.5 Å². The van der Waals surface area contributed by atoms with Gasteiger partial charge in [0, 0.05) is 23.7 Å². The van der Waals surface area contributed by atoms with Gasteiger partial charge in [-0.15, -0.1) is 0 Å². The Morgan fingerprint density at radius 3 is 3.00 bits per heavy atom. The van der Waals surface area contributed by atoms with Crippen molar-refractivity contribution in [2.24, 2.45) is 0 Å². The van der Waals surface area contributed by atoms with Crippen molar-refractivity contribution in [3.63, 3.8) is 0 Å². The maximum absolute atomic E-state index is 8.68. The van der Waals surface area contributed by atoms with Crippen LogP contribution in [0.4, 0.5) is 0 Å². The molecule has 0 aromatic heterocycles. The van der Waals surface area contributed by atoms with Crippen molar-refractivity contribution in [1.82, 2.24) is 5.32 Å². The molecule has 0 aliphatic heterocycles. The largest absolute Gasteiger partial charge is 0.489 e. The zero-order chi connectivity index (χ0) is 12.5. The molecule has 0 bridgehead atoms. The molecule has 0 saturated heterocycles. The van der Waals surface area contributed by atoms with Crippen molar-refractivity contribution in [1.29, 1.82) is 0 Å². The molecule has 3 nitrogen and oxygen atoms in total. The third kappa shape index (κ3) is 5.22. The Morgan fingerprint density at radius 2 is 2.29 bits per heavy atom. The number of rotatable bonds is 8. The van der Waals surface area contributed by atoms with Gasteiger partial charge in [0.05, 0.1) is 0 Å². The van der Waals surface area contributed by atoms with E-state index in [1.807, 2.05) is 12.1 Å². The van der Waals surface area contributed by atoms with E-state index in [0.29, 0.717) is 18.2 Å². The van der Waals surface area contributed by atoms with Gasteiger partial charge in [0.2, 0.25) is 0 Å². The fraction of sp³-hybridized carbons (Fsp3) is 0.385. The van der Waals surface area contributed by atoms with Crippen LogP contribution in [0, 0.1) is 0 Å². The van der Waals surface area contributed by atoms with Crippen LogP contribution in [0.1, 0.15) is 12.0 Å². The maximum atomic E-state index is 8.68. The molecule has 0 fully saturated rings. The van der Waals surface area contributed by atoms with Crippen LogP contribution in [0.15, 0.2) is 30.9 Å². The molecular weight excluding hydrogens is 238 g/mol.